The third-order valence-electron chi connectivity index (χ3n) is 3.94. The number of anilines is 1. The standard InChI is InChI=1S/C18H19FN2O.ClH/c19-17-4-2-1-3-14(17)12-21(16-9-10-16)18(22)11-13-5-7-15(20)8-6-13;/h1-8,16H,9-12,20H2;1H. The largest absolute Gasteiger partial charge is 0.399 e. The molecule has 0 unspecified atom stereocenters. The fourth-order valence-corrected chi connectivity index (χ4v) is 2.53. The fraction of sp³-hybridized carbons (Fsp3) is 0.278. The van der Waals surface area contributed by atoms with E-state index in [9.17, 15) is 9.18 Å². The van der Waals surface area contributed by atoms with Crippen molar-refractivity contribution in [3.05, 3.63) is 65.5 Å². The maximum absolute atomic E-state index is 13.8. The van der Waals surface area contributed by atoms with E-state index in [1.165, 1.54) is 6.07 Å². The predicted octanol–water partition coefficient (Wildman–Crippen LogP) is 3.56. The van der Waals surface area contributed by atoms with Crippen LogP contribution in [0.15, 0.2) is 48.5 Å². The predicted molar refractivity (Wildman–Crippen MR) is 91.8 cm³/mol. The first-order valence-electron chi connectivity index (χ1n) is 7.51. The second-order valence-corrected chi connectivity index (χ2v) is 5.76. The number of hydrogen-bond acceptors (Lipinski definition) is 2. The monoisotopic (exact) mass is 334 g/mol. The van der Waals surface area contributed by atoms with E-state index in [2.05, 4.69) is 0 Å². The molecule has 1 aliphatic rings. The smallest absolute Gasteiger partial charge is 0.227 e. The van der Waals surface area contributed by atoms with Gasteiger partial charge in [-0.25, -0.2) is 4.39 Å². The number of rotatable bonds is 5. The zero-order valence-electron chi connectivity index (χ0n) is 12.7. The van der Waals surface area contributed by atoms with Crippen LogP contribution < -0.4 is 5.73 Å². The summed E-state index contributed by atoms with van der Waals surface area (Å²) in [6.45, 7) is 0.338. The SMILES string of the molecule is Cl.Nc1ccc(CC(=O)N(Cc2ccccc2F)C2CC2)cc1. The lowest BCUT2D eigenvalue weighted by atomic mass is 10.1. The number of nitrogen functional groups attached to an aromatic ring is 1. The Balaban J connectivity index is 0.00000192. The normalized spacial score (nSPS) is 13.3. The molecule has 1 fully saturated rings. The summed E-state index contributed by atoms with van der Waals surface area (Å²) in [4.78, 5) is 14.4. The van der Waals surface area contributed by atoms with Crippen molar-refractivity contribution in [1.29, 1.82) is 0 Å². The van der Waals surface area contributed by atoms with Gasteiger partial charge in [-0.3, -0.25) is 4.79 Å². The van der Waals surface area contributed by atoms with E-state index < -0.39 is 0 Å². The van der Waals surface area contributed by atoms with Gasteiger partial charge in [-0.2, -0.15) is 0 Å². The molecule has 1 saturated carbocycles. The molecule has 5 heteroatoms. The van der Waals surface area contributed by atoms with Crippen LogP contribution in [0.4, 0.5) is 10.1 Å². The average molecular weight is 335 g/mol. The van der Waals surface area contributed by atoms with Gasteiger partial charge in [-0.05, 0) is 36.6 Å². The molecule has 0 aliphatic heterocycles. The Hall–Kier alpha value is -2.07. The van der Waals surface area contributed by atoms with Crippen molar-refractivity contribution in [2.75, 3.05) is 5.73 Å². The maximum Gasteiger partial charge on any atom is 0.227 e. The molecule has 2 aromatic carbocycles. The van der Waals surface area contributed by atoms with Crippen LogP contribution in [0.3, 0.4) is 0 Å². The highest BCUT2D eigenvalue weighted by molar-refractivity contribution is 5.85. The molecular formula is C18H20ClFN2O. The lowest BCUT2D eigenvalue weighted by molar-refractivity contribution is -0.131. The number of carbonyl (C=O) groups is 1. The van der Waals surface area contributed by atoms with Gasteiger partial charge in [-0.1, -0.05) is 30.3 Å². The summed E-state index contributed by atoms with van der Waals surface area (Å²) in [6.07, 6.45) is 2.33. The van der Waals surface area contributed by atoms with Gasteiger partial charge in [-0.15, -0.1) is 12.4 Å². The second kappa shape index (κ2) is 7.47. The van der Waals surface area contributed by atoms with Crippen molar-refractivity contribution in [2.45, 2.75) is 31.8 Å². The molecule has 0 aromatic heterocycles. The van der Waals surface area contributed by atoms with E-state index in [1.54, 1.807) is 35.2 Å². The van der Waals surface area contributed by atoms with Crippen LogP contribution in [0, 0.1) is 5.82 Å². The first-order valence-corrected chi connectivity index (χ1v) is 7.51. The van der Waals surface area contributed by atoms with Crippen molar-refractivity contribution in [3.8, 4) is 0 Å². The molecule has 3 nitrogen and oxygen atoms in total. The average Bonchev–Trinajstić information content (AvgIpc) is 3.33. The van der Waals surface area contributed by atoms with Gasteiger partial charge in [0.05, 0.1) is 6.42 Å². The topological polar surface area (TPSA) is 46.3 Å². The molecule has 1 aliphatic carbocycles. The molecule has 0 saturated heterocycles. The number of amides is 1. The highest BCUT2D eigenvalue weighted by atomic mass is 35.5. The maximum atomic E-state index is 13.8. The van der Waals surface area contributed by atoms with Crippen molar-refractivity contribution in [3.63, 3.8) is 0 Å². The molecule has 2 aromatic rings. The number of halogens is 2. The Kier molecular flexibility index (Phi) is 5.61. The summed E-state index contributed by atoms with van der Waals surface area (Å²) in [5.41, 5.74) is 7.84. The molecule has 0 radical (unpaired) electrons. The van der Waals surface area contributed by atoms with E-state index >= 15 is 0 Å². The van der Waals surface area contributed by atoms with Crippen molar-refractivity contribution in [2.24, 2.45) is 0 Å². The minimum absolute atomic E-state index is 0. The first kappa shape index (κ1) is 17.3. The molecule has 0 heterocycles. The molecule has 1 amide bonds. The highest BCUT2D eigenvalue weighted by Gasteiger charge is 2.32. The van der Waals surface area contributed by atoms with Gasteiger partial charge in [0.1, 0.15) is 5.82 Å². The van der Waals surface area contributed by atoms with Gasteiger partial charge < -0.3 is 10.6 Å². The Morgan fingerprint density at radius 1 is 1.13 bits per heavy atom. The highest BCUT2D eigenvalue weighted by Crippen LogP contribution is 2.29. The Morgan fingerprint density at radius 3 is 2.39 bits per heavy atom. The van der Waals surface area contributed by atoms with Gasteiger partial charge in [0.2, 0.25) is 5.91 Å². The number of carbonyl (C=O) groups excluding carboxylic acids is 1. The fourth-order valence-electron chi connectivity index (χ4n) is 2.53. The summed E-state index contributed by atoms with van der Waals surface area (Å²) in [6, 6.07) is 14.2. The molecule has 122 valence electrons. The minimum atomic E-state index is -0.256. The molecule has 23 heavy (non-hydrogen) atoms. The molecule has 2 N–H and O–H groups in total. The zero-order valence-corrected chi connectivity index (χ0v) is 13.6. The van der Waals surface area contributed by atoms with Gasteiger partial charge >= 0.3 is 0 Å². The molecule has 3 rings (SSSR count). The van der Waals surface area contributed by atoms with Gasteiger partial charge in [0, 0.05) is 23.8 Å². The second-order valence-electron chi connectivity index (χ2n) is 5.76. The Morgan fingerprint density at radius 2 is 1.78 bits per heavy atom. The molecule has 0 bridgehead atoms. The summed E-state index contributed by atoms with van der Waals surface area (Å²) >= 11 is 0. The summed E-state index contributed by atoms with van der Waals surface area (Å²) in [5.74, 6) is -0.219. The quantitative estimate of drug-likeness (QED) is 0.850. The third kappa shape index (κ3) is 4.45. The summed E-state index contributed by atoms with van der Waals surface area (Å²) < 4.78 is 13.8. The lowest BCUT2D eigenvalue weighted by Gasteiger charge is -2.23. The van der Waals surface area contributed by atoms with Gasteiger partial charge in [0.15, 0.2) is 0 Å². The zero-order chi connectivity index (χ0) is 15.5. The van der Waals surface area contributed by atoms with Crippen LogP contribution in [0.5, 0.6) is 0 Å². The Bertz CT molecular complexity index is 671. The van der Waals surface area contributed by atoms with E-state index in [0.717, 1.165) is 18.4 Å². The van der Waals surface area contributed by atoms with Crippen LogP contribution in [0.1, 0.15) is 24.0 Å². The van der Waals surface area contributed by atoms with E-state index in [-0.39, 0.29) is 30.2 Å². The first-order chi connectivity index (χ1) is 10.6. The van der Waals surface area contributed by atoms with E-state index in [4.69, 9.17) is 5.73 Å². The van der Waals surface area contributed by atoms with Crippen molar-refractivity contribution < 1.29 is 9.18 Å². The number of benzene rings is 2. The van der Waals surface area contributed by atoms with Crippen LogP contribution in [0.25, 0.3) is 0 Å². The van der Waals surface area contributed by atoms with Crippen LogP contribution in [0.2, 0.25) is 0 Å². The lowest BCUT2D eigenvalue weighted by Crippen LogP contribution is -2.34. The van der Waals surface area contributed by atoms with Crippen LogP contribution in [-0.2, 0) is 17.8 Å². The van der Waals surface area contributed by atoms with E-state index in [0.29, 0.717) is 24.2 Å². The summed E-state index contributed by atoms with van der Waals surface area (Å²) in [7, 11) is 0. The number of nitrogens with two attached hydrogens (primary N) is 1. The Labute approximate surface area is 141 Å². The number of nitrogens with zero attached hydrogens (tertiary/aromatic N) is 1. The van der Waals surface area contributed by atoms with Gasteiger partial charge in [0.25, 0.3) is 0 Å². The van der Waals surface area contributed by atoms with Crippen LogP contribution >= 0.6 is 12.4 Å². The minimum Gasteiger partial charge on any atom is -0.399 e. The van der Waals surface area contributed by atoms with Crippen molar-refractivity contribution >= 4 is 24.0 Å². The van der Waals surface area contributed by atoms with Crippen molar-refractivity contribution in [1.82, 2.24) is 4.90 Å². The molecular weight excluding hydrogens is 315 g/mol. The molecule has 0 spiro atoms. The van der Waals surface area contributed by atoms with Crippen LogP contribution in [-0.4, -0.2) is 16.8 Å². The summed E-state index contributed by atoms with van der Waals surface area (Å²) in [5, 5.41) is 0. The molecule has 0 atom stereocenters. The third-order valence-corrected chi connectivity index (χ3v) is 3.94. The number of hydrogen-bond donors (Lipinski definition) is 1. The van der Waals surface area contributed by atoms with E-state index in [1.807, 2.05) is 12.1 Å².